The van der Waals surface area contributed by atoms with Crippen LogP contribution in [0.15, 0.2) is 11.0 Å². The molecular formula is C19H19F2N3O4. The summed E-state index contributed by atoms with van der Waals surface area (Å²) in [5.74, 6) is -3.28. The lowest BCUT2D eigenvalue weighted by Gasteiger charge is -2.34. The normalized spacial score (nSPS) is 26.4. The molecule has 2 aliphatic carbocycles. The number of nitrogens with zero attached hydrogens (tertiary/aromatic N) is 2. The Morgan fingerprint density at radius 2 is 1.93 bits per heavy atom. The number of carboxylic acid groups (broad SMARTS) is 1. The highest BCUT2D eigenvalue weighted by molar-refractivity contribution is 5.99. The number of benzene rings is 1. The highest BCUT2D eigenvalue weighted by Crippen LogP contribution is 2.46. The van der Waals surface area contributed by atoms with Gasteiger partial charge in [0.05, 0.1) is 22.7 Å². The molecule has 9 heteroatoms. The number of nitrogens with two attached hydrogens (primary N) is 1. The summed E-state index contributed by atoms with van der Waals surface area (Å²) in [4.78, 5) is 25.6. The maximum Gasteiger partial charge on any atom is 0.341 e. The number of anilines is 2. The largest absolute Gasteiger partial charge is 0.477 e. The Hall–Kier alpha value is -2.68. The summed E-state index contributed by atoms with van der Waals surface area (Å²) in [5.41, 5.74) is 3.38. The molecule has 3 atom stereocenters. The molecule has 2 aromatic rings. The highest BCUT2D eigenvalue weighted by atomic mass is 19.1. The predicted octanol–water partition coefficient (Wildman–Crippen LogP) is 1.71. The molecule has 2 saturated carbocycles. The lowest BCUT2D eigenvalue weighted by molar-refractivity contribution is -0.00399. The fourth-order valence-electron chi connectivity index (χ4n) is 4.68. The van der Waals surface area contributed by atoms with Crippen molar-refractivity contribution in [2.75, 3.05) is 23.7 Å². The highest BCUT2D eigenvalue weighted by Gasteiger charge is 2.47. The van der Waals surface area contributed by atoms with Crippen molar-refractivity contribution < 1.29 is 23.8 Å². The monoisotopic (exact) mass is 391 g/mol. The first-order valence-electron chi connectivity index (χ1n) is 9.31. The van der Waals surface area contributed by atoms with E-state index in [4.69, 9.17) is 5.73 Å². The summed E-state index contributed by atoms with van der Waals surface area (Å²) in [6, 6.07) is -0.148. The van der Waals surface area contributed by atoms with Crippen molar-refractivity contribution in [3.8, 4) is 0 Å². The van der Waals surface area contributed by atoms with Crippen LogP contribution >= 0.6 is 0 Å². The molecule has 148 valence electrons. The van der Waals surface area contributed by atoms with Crippen LogP contribution in [0, 0.1) is 23.5 Å². The number of aliphatic hydroxyl groups excluding tert-OH is 1. The molecule has 2 heterocycles. The molecule has 1 aromatic carbocycles. The Morgan fingerprint density at radius 1 is 1.21 bits per heavy atom. The lowest BCUT2D eigenvalue weighted by atomic mass is 9.74. The molecule has 1 saturated heterocycles. The van der Waals surface area contributed by atoms with Gasteiger partial charge < -0.3 is 25.4 Å². The number of nitrogen functional groups attached to an aromatic ring is 1. The summed E-state index contributed by atoms with van der Waals surface area (Å²) in [7, 11) is 0. The van der Waals surface area contributed by atoms with Crippen molar-refractivity contribution in [3.05, 3.63) is 33.6 Å². The Labute approximate surface area is 158 Å². The average molecular weight is 391 g/mol. The number of aliphatic hydroxyl groups is 1. The number of pyridine rings is 1. The maximum atomic E-state index is 15.6. The number of aromatic carboxylic acids is 1. The van der Waals surface area contributed by atoms with E-state index in [0.29, 0.717) is 32.4 Å². The molecular weight excluding hydrogens is 372 g/mol. The molecule has 0 radical (unpaired) electrons. The molecule has 3 fully saturated rings. The summed E-state index contributed by atoms with van der Waals surface area (Å²) >= 11 is 0. The zero-order valence-corrected chi connectivity index (χ0v) is 14.9. The number of carbonyl (C=O) groups is 1. The number of halogens is 2. The van der Waals surface area contributed by atoms with Gasteiger partial charge in [0.1, 0.15) is 11.3 Å². The Kier molecular flexibility index (Phi) is 3.52. The van der Waals surface area contributed by atoms with Crippen molar-refractivity contribution in [2.45, 2.75) is 31.4 Å². The summed E-state index contributed by atoms with van der Waals surface area (Å²) in [6.07, 6.45) is 2.68. The zero-order valence-electron chi connectivity index (χ0n) is 14.9. The summed E-state index contributed by atoms with van der Waals surface area (Å²) in [6.45, 7) is 0.715. The van der Waals surface area contributed by atoms with Gasteiger partial charge >= 0.3 is 5.97 Å². The first-order valence-corrected chi connectivity index (χ1v) is 9.31. The number of rotatable bonds is 3. The molecule has 2 unspecified atom stereocenters. The van der Waals surface area contributed by atoms with E-state index in [1.807, 2.05) is 0 Å². The third-order valence-corrected chi connectivity index (χ3v) is 6.38. The van der Waals surface area contributed by atoms with Crippen LogP contribution in [0.5, 0.6) is 0 Å². The molecule has 5 rings (SSSR count). The van der Waals surface area contributed by atoms with Crippen molar-refractivity contribution in [1.82, 2.24) is 4.57 Å². The topological polar surface area (TPSA) is 109 Å². The van der Waals surface area contributed by atoms with Crippen LogP contribution < -0.4 is 16.1 Å². The van der Waals surface area contributed by atoms with E-state index < -0.39 is 45.8 Å². The molecule has 3 aliphatic rings. The fraction of sp³-hybridized carbons (Fsp3) is 0.474. The van der Waals surface area contributed by atoms with Gasteiger partial charge in [-0.3, -0.25) is 4.79 Å². The van der Waals surface area contributed by atoms with Crippen molar-refractivity contribution in [2.24, 2.45) is 11.8 Å². The van der Waals surface area contributed by atoms with E-state index in [1.165, 1.54) is 4.57 Å². The van der Waals surface area contributed by atoms with Gasteiger partial charge in [-0.15, -0.1) is 0 Å². The van der Waals surface area contributed by atoms with Crippen LogP contribution in [0.1, 0.15) is 35.7 Å². The van der Waals surface area contributed by atoms with Gasteiger partial charge in [0.25, 0.3) is 0 Å². The molecule has 0 amide bonds. The third kappa shape index (κ3) is 2.22. The quantitative estimate of drug-likeness (QED) is 0.688. The van der Waals surface area contributed by atoms with E-state index >= 15 is 8.78 Å². The average Bonchev–Trinajstić information content (AvgIpc) is 3.42. The molecule has 1 aromatic heterocycles. The van der Waals surface area contributed by atoms with Crippen molar-refractivity contribution in [3.63, 3.8) is 0 Å². The van der Waals surface area contributed by atoms with Crippen molar-refractivity contribution in [1.29, 1.82) is 0 Å². The van der Waals surface area contributed by atoms with E-state index in [9.17, 15) is 19.8 Å². The smallest absolute Gasteiger partial charge is 0.341 e. The predicted molar refractivity (Wildman–Crippen MR) is 97.6 cm³/mol. The molecule has 28 heavy (non-hydrogen) atoms. The van der Waals surface area contributed by atoms with E-state index in [0.717, 1.165) is 6.20 Å². The van der Waals surface area contributed by atoms with Gasteiger partial charge in [-0.05, 0) is 25.2 Å². The van der Waals surface area contributed by atoms with Crippen LogP contribution in [0.2, 0.25) is 0 Å². The van der Waals surface area contributed by atoms with Crippen LogP contribution in [0.4, 0.5) is 20.2 Å². The van der Waals surface area contributed by atoms with Gasteiger partial charge in [0.2, 0.25) is 5.43 Å². The van der Waals surface area contributed by atoms with Crippen LogP contribution in [-0.2, 0) is 0 Å². The van der Waals surface area contributed by atoms with Crippen molar-refractivity contribution >= 4 is 28.2 Å². The zero-order chi connectivity index (χ0) is 19.9. The van der Waals surface area contributed by atoms with Crippen LogP contribution in [0.25, 0.3) is 10.9 Å². The van der Waals surface area contributed by atoms with E-state index in [-0.39, 0.29) is 29.1 Å². The Bertz CT molecular complexity index is 1100. The number of fused-ring (bicyclic) bond motifs is 2. The van der Waals surface area contributed by atoms with Gasteiger partial charge in [-0.1, -0.05) is 0 Å². The second-order valence-electron chi connectivity index (χ2n) is 8.06. The molecule has 0 spiro atoms. The number of aromatic nitrogens is 1. The first kappa shape index (κ1) is 17.4. The second kappa shape index (κ2) is 5.66. The second-order valence-corrected chi connectivity index (χ2v) is 8.06. The minimum Gasteiger partial charge on any atom is -0.477 e. The van der Waals surface area contributed by atoms with Gasteiger partial charge in [0.15, 0.2) is 11.6 Å². The number of carboxylic acids is 1. The minimum atomic E-state index is -1.46. The first-order chi connectivity index (χ1) is 13.3. The molecule has 4 N–H and O–H groups in total. The number of hydrogen-bond acceptors (Lipinski definition) is 5. The van der Waals surface area contributed by atoms with Crippen LogP contribution in [-0.4, -0.2) is 39.9 Å². The molecule has 1 aliphatic heterocycles. The standard InChI is InChI=1S/C19H19F2N3O4/c20-13-15(22)12-16(24(8-1-2-8)6-10(18(12)26)19(27)28)14(21)17(13)23-4-7-3-11(25)9(7)5-23/h6-9,11,25H,1-5,22H2,(H,27,28)/t7?,9?,11-/m0/s1. The van der Waals surface area contributed by atoms with Crippen LogP contribution in [0.3, 0.4) is 0 Å². The van der Waals surface area contributed by atoms with Gasteiger partial charge in [0, 0.05) is 31.2 Å². The van der Waals surface area contributed by atoms with E-state index in [2.05, 4.69) is 0 Å². The summed E-state index contributed by atoms with van der Waals surface area (Å²) < 4.78 is 32.1. The molecule has 7 nitrogen and oxygen atoms in total. The Morgan fingerprint density at radius 3 is 2.50 bits per heavy atom. The maximum absolute atomic E-state index is 15.6. The molecule has 0 bridgehead atoms. The number of hydrogen-bond donors (Lipinski definition) is 3. The van der Waals surface area contributed by atoms with E-state index in [1.54, 1.807) is 4.90 Å². The minimum absolute atomic E-state index is 0.0317. The lowest BCUT2D eigenvalue weighted by Crippen LogP contribution is -2.39. The SMILES string of the molecule is Nc1c(F)c(N2CC3C[C@H](O)C3C2)c(F)c2c1c(=O)c(C(=O)O)cn2C1CC1. The van der Waals surface area contributed by atoms with Gasteiger partial charge in [-0.2, -0.15) is 0 Å². The third-order valence-electron chi connectivity index (χ3n) is 6.38. The van der Waals surface area contributed by atoms with Gasteiger partial charge in [-0.25, -0.2) is 13.6 Å². The Balaban J connectivity index is 1.78. The fourth-order valence-corrected chi connectivity index (χ4v) is 4.68. The summed E-state index contributed by atoms with van der Waals surface area (Å²) in [5, 5.41) is 18.8.